The van der Waals surface area contributed by atoms with Crippen molar-refractivity contribution in [1.82, 2.24) is 10.3 Å². The Kier molecular flexibility index (Phi) is 3.91. The zero-order valence-corrected chi connectivity index (χ0v) is 11.5. The summed E-state index contributed by atoms with van der Waals surface area (Å²) in [5, 5.41) is 4.27. The van der Waals surface area contributed by atoms with Gasteiger partial charge in [0.25, 0.3) is 0 Å². The summed E-state index contributed by atoms with van der Waals surface area (Å²) in [7, 11) is 1.97. The topological polar surface area (TPSA) is 24.9 Å². The van der Waals surface area contributed by atoms with E-state index in [2.05, 4.69) is 38.4 Å². The Labute approximate surface area is 106 Å². The zero-order valence-electron chi connectivity index (χ0n) is 8.29. The first-order chi connectivity index (χ1) is 7.29. The molecule has 0 aliphatic rings. The summed E-state index contributed by atoms with van der Waals surface area (Å²) in [6.45, 7) is 1.01. The number of halogens is 1. The SMILES string of the molecule is CNCCc1cnc(-c2ccc(Br)s2)s1. The van der Waals surface area contributed by atoms with E-state index >= 15 is 0 Å². The third-order valence-corrected chi connectivity index (χ3v) is 4.81. The van der Waals surface area contributed by atoms with Crippen molar-refractivity contribution in [3.8, 4) is 9.88 Å². The molecule has 0 spiro atoms. The second kappa shape index (κ2) is 5.21. The van der Waals surface area contributed by atoms with Crippen LogP contribution in [0.15, 0.2) is 22.1 Å². The molecule has 2 aromatic heterocycles. The van der Waals surface area contributed by atoms with Crippen molar-refractivity contribution in [3.05, 3.63) is 27.0 Å². The van der Waals surface area contributed by atoms with Gasteiger partial charge in [-0.1, -0.05) is 0 Å². The van der Waals surface area contributed by atoms with Crippen LogP contribution in [0.1, 0.15) is 4.88 Å². The van der Waals surface area contributed by atoms with Gasteiger partial charge >= 0.3 is 0 Å². The predicted octanol–water partition coefficient (Wildman–Crippen LogP) is 3.40. The molecule has 5 heteroatoms. The average molecular weight is 303 g/mol. The van der Waals surface area contributed by atoms with E-state index in [1.54, 1.807) is 22.7 Å². The molecule has 0 amide bonds. The van der Waals surface area contributed by atoms with Crippen molar-refractivity contribution >= 4 is 38.6 Å². The minimum atomic E-state index is 1.01. The fraction of sp³-hybridized carbons (Fsp3) is 0.300. The number of nitrogens with zero attached hydrogens (tertiary/aromatic N) is 1. The Morgan fingerprint density at radius 3 is 2.93 bits per heavy atom. The highest BCUT2D eigenvalue weighted by atomic mass is 79.9. The highest BCUT2D eigenvalue weighted by Crippen LogP contribution is 2.33. The van der Waals surface area contributed by atoms with Crippen LogP contribution in [0.3, 0.4) is 0 Å². The molecule has 0 aliphatic heterocycles. The highest BCUT2D eigenvalue weighted by molar-refractivity contribution is 9.11. The first-order valence-corrected chi connectivity index (χ1v) is 7.07. The minimum Gasteiger partial charge on any atom is -0.319 e. The quantitative estimate of drug-likeness (QED) is 0.936. The van der Waals surface area contributed by atoms with Gasteiger partial charge in [0.05, 0.1) is 8.66 Å². The molecule has 0 atom stereocenters. The summed E-state index contributed by atoms with van der Waals surface area (Å²) < 4.78 is 1.16. The summed E-state index contributed by atoms with van der Waals surface area (Å²) in [5.41, 5.74) is 0. The summed E-state index contributed by atoms with van der Waals surface area (Å²) in [6.07, 6.45) is 3.03. The molecule has 2 heterocycles. The lowest BCUT2D eigenvalue weighted by Crippen LogP contribution is -2.09. The van der Waals surface area contributed by atoms with Crippen molar-refractivity contribution in [2.24, 2.45) is 0 Å². The highest BCUT2D eigenvalue weighted by Gasteiger charge is 2.06. The summed E-state index contributed by atoms with van der Waals surface area (Å²) in [5.74, 6) is 0. The minimum absolute atomic E-state index is 1.01. The second-order valence-corrected chi connectivity index (χ2v) is 6.67. The zero-order chi connectivity index (χ0) is 10.7. The molecule has 1 N–H and O–H groups in total. The summed E-state index contributed by atoms with van der Waals surface area (Å²) in [6, 6.07) is 4.17. The molecule has 15 heavy (non-hydrogen) atoms. The maximum atomic E-state index is 4.43. The Balaban J connectivity index is 2.13. The maximum Gasteiger partial charge on any atom is 0.133 e. The van der Waals surface area contributed by atoms with Crippen LogP contribution in [-0.4, -0.2) is 18.6 Å². The van der Waals surface area contributed by atoms with Crippen LogP contribution in [-0.2, 0) is 6.42 Å². The lowest BCUT2D eigenvalue weighted by Gasteiger charge is -1.93. The third kappa shape index (κ3) is 2.87. The van der Waals surface area contributed by atoms with Crippen LogP contribution < -0.4 is 5.32 Å². The van der Waals surface area contributed by atoms with Crippen molar-refractivity contribution < 1.29 is 0 Å². The molecule has 0 saturated heterocycles. The predicted molar refractivity (Wildman–Crippen MR) is 70.8 cm³/mol. The normalized spacial score (nSPS) is 10.8. The fourth-order valence-corrected chi connectivity index (χ4v) is 3.57. The van der Waals surface area contributed by atoms with Gasteiger partial charge in [-0.2, -0.15) is 0 Å². The molecule has 0 fully saturated rings. The number of nitrogens with one attached hydrogen (secondary N) is 1. The number of rotatable bonds is 4. The largest absolute Gasteiger partial charge is 0.319 e. The smallest absolute Gasteiger partial charge is 0.133 e. The third-order valence-electron chi connectivity index (χ3n) is 1.96. The Hall–Kier alpha value is -0.230. The van der Waals surface area contributed by atoms with Crippen LogP contribution in [0, 0.1) is 0 Å². The van der Waals surface area contributed by atoms with Gasteiger partial charge in [0, 0.05) is 11.1 Å². The van der Waals surface area contributed by atoms with E-state index in [9.17, 15) is 0 Å². The molecule has 0 bridgehead atoms. The van der Waals surface area contributed by atoms with E-state index in [0.29, 0.717) is 0 Å². The van der Waals surface area contributed by atoms with E-state index in [1.807, 2.05) is 13.2 Å². The number of aromatic nitrogens is 1. The van der Waals surface area contributed by atoms with E-state index in [0.717, 1.165) is 21.8 Å². The van der Waals surface area contributed by atoms with Crippen molar-refractivity contribution in [1.29, 1.82) is 0 Å². The van der Waals surface area contributed by atoms with Gasteiger partial charge in [-0.15, -0.1) is 22.7 Å². The lowest BCUT2D eigenvalue weighted by molar-refractivity contribution is 0.798. The van der Waals surface area contributed by atoms with Gasteiger partial charge in [0.2, 0.25) is 0 Å². The molecule has 0 aliphatic carbocycles. The van der Waals surface area contributed by atoms with E-state index in [1.165, 1.54) is 9.75 Å². The molecular weight excluding hydrogens is 292 g/mol. The van der Waals surface area contributed by atoms with Crippen LogP contribution in [0.25, 0.3) is 9.88 Å². The van der Waals surface area contributed by atoms with Gasteiger partial charge < -0.3 is 5.32 Å². The van der Waals surface area contributed by atoms with Crippen molar-refractivity contribution in [2.45, 2.75) is 6.42 Å². The first-order valence-electron chi connectivity index (χ1n) is 4.64. The molecule has 0 saturated carbocycles. The number of hydrogen-bond acceptors (Lipinski definition) is 4. The summed E-state index contributed by atoms with van der Waals surface area (Å²) >= 11 is 6.97. The van der Waals surface area contributed by atoms with Gasteiger partial charge in [-0.3, -0.25) is 0 Å². The Morgan fingerprint density at radius 1 is 1.40 bits per heavy atom. The van der Waals surface area contributed by atoms with Crippen LogP contribution in [0.2, 0.25) is 0 Å². The van der Waals surface area contributed by atoms with Crippen LogP contribution >= 0.6 is 38.6 Å². The molecule has 0 radical (unpaired) electrons. The molecule has 2 aromatic rings. The van der Waals surface area contributed by atoms with Crippen LogP contribution in [0.5, 0.6) is 0 Å². The standard InChI is InChI=1S/C10H11BrN2S2/c1-12-5-4-7-6-13-10(14-7)8-2-3-9(11)15-8/h2-3,6,12H,4-5H2,1H3. The molecule has 0 unspecified atom stereocenters. The molecule has 0 aromatic carbocycles. The molecule has 2 nitrogen and oxygen atoms in total. The summed E-state index contributed by atoms with van der Waals surface area (Å²) in [4.78, 5) is 7.01. The Morgan fingerprint density at radius 2 is 2.27 bits per heavy atom. The number of likely N-dealkylation sites (N-methyl/N-ethyl adjacent to an activating group) is 1. The van der Waals surface area contributed by atoms with Crippen molar-refractivity contribution in [3.63, 3.8) is 0 Å². The van der Waals surface area contributed by atoms with Gasteiger partial charge in [0.15, 0.2) is 0 Å². The lowest BCUT2D eigenvalue weighted by atomic mass is 10.4. The van der Waals surface area contributed by atoms with E-state index in [4.69, 9.17) is 0 Å². The fourth-order valence-electron chi connectivity index (χ4n) is 1.21. The van der Waals surface area contributed by atoms with Crippen LogP contribution in [0.4, 0.5) is 0 Å². The first kappa shape index (κ1) is 11.3. The van der Waals surface area contributed by atoms with Gasteiger partial charge in [0.1, 0.15) is 5.01 Å². The average Bonchev–Trinajstić information content (AvgIpc) is 2.83. The molecule has 2 rings (SSSR count). The molecule has 80 valence electrons. The maximum absolute atomic E-state index is 4.43. The monoisotopic (exact) mass is 302 g/mol. The van der Waals surface area contributed by atoms with E-state index < -0.39 is 0 Å². The molecular formula is C10H11BrN2S2. The number of thiazole rings is 1. The second-order valence-electron chi connectivity index (χ2n) is 3.09. The van der Waals surface area contributed by atoms with E-state index in [-0.39, 0.29) is 0 Å². The van der Waals surface area contributed by atoms with Crippen molar-refractivity contribution in [2.75, 3.05) is 13.6 Å². The number of thiophene rings is 1. The Bertz CT molecular complexity index is 436. The number of hydrogen-bond donors (Lipinski definition) is 1. The van der Waals surface area contributed by atoms with Gasteiger partial charge in [-0.25, -0.2) is 4.98 Å². The van der Waals surface area contributed by atoms with Gasteiger partial charge in [-0.05, 0) is 48.1 Å².